The third-order valence-corrected chi connectivity index (χ3v) is 5.48. The number of fused-ring (bicyclic) bond motifs is 1. The van der Waals surface area contributed by atoms with Crippen LogP contribution < -0.4 is 15.4 Å². The minimum Gasteiger partial charge on any atom is -0.467 e. The summed E-state index contributed by atoms with van der Waals surface area (Å²) in [5.74, 6) is -0.771. The van der Waals surface area contributed by atoms with Crippen molar-refractivity contribution in [1.82, 2.24) is 30.3 Å². The van der Waals surface area contributed by atoms with E-state index in [0.29, 0.717) is 16.5 Å². The Kier molecular flexibility index (Phi) is 7.28. The zero-order chi connectivity index (χ0) is 26.9. The number of alkyl halides is 3. The molecule has 0 fully saturated rings. The van der Waals surface area contributed by atoms with Gasteiger partial charge in [-0.25, -0.2) is 9.67 Å². The van der Waals surface area contributed by atoms with Gasteiger partial charge < -0.3 is 20.5 Å². The van der Waals surface area contributed by atoms with Gasteiger partial charge in [0, 0.05) is 23.7 Å². The molecule has 0 spiro atoms. The van der Waals surface area contributed by atoms with Crippen LogP contribution in [0.25, 0.3) is 16.7 Å². The van der Waals surface area contributed by atoms with Crippen LogP contribution in [0.2, 0.25) is 5.02 Å². The molecule has 3 heterocycles. The minimum absolute atomic E-state index is 0.0305. The van der Waals surface area contributed by atoms with Crippen LogP contribution in [0.15, 0.2) is 36.7 Å². The molecule has 0 radical (unpaired) electrons. The summed E-state index contributed by atoms with van der Waals surface area (Å²) in [6.45, 7) is 3.76. The predicted octanol–water partition coefficient (Wildman–Crippen LogP) is 4.29. The molecular weight excluding hydrogens is 515 g/mol. The molecule has 4 rings (SSSR count). The van der Waals surface area contributed by atoms with E-state index >= 15 is 0 Å². The van der Waals surface area contributed by atoms with Crippen LogP contribution in [0, 0.1) is 6.92 Å². The van der Waals surface area contributed by atoms with Crippen molar-refractivity contribution < 1.29 is 27.8 Å². The van der Waals surface area contributed by atoms with Crippen molar-refractivity contribution >= 4 is 34.1 Å². The SMILES string of the molecule is Cc1cc2cn[nH]c2c(C(=O)NC(C)C)c1NC(O)c1cc(OCC(F)(F)F)nn1-c1ncccc1Cl. The quantitative estimate of drug-likeness (QED) is 0.247. The number of rotatable bonds is 8. The molecule has 0 saturated carbocycles. The second-order valence-corrected chi connectivity index (χ2v) is 8.89. The number of anilines is 1. The van der Waals surface area contributed by atoms with E-state index in [1.54, 1.807) is 39.1 Å². The number of nitrogens with zero attached hydrogens (tertiary/aromatic N) is 4. The monoisotopic (exact) mass is 537 g/mol. The maximum Gasteiger partial charge on any atom is 0.422 e. The topological polar surface area (TPSA) is 130 Å². The average Bonchev–Trinajstić information content (AvgIpc) is 3.44. The largest absolute Gasteiger partial charge is 0.467 e. The second kappa shape index (κ2) is 10.3. The van der Waals surface area contributed by atoms with E-state index in [0.717, 1.165) is 10.7 Å². The summed E-state index contributed by atoms with van der Waals surface area (Å²) in [4.78, 5) is 17.2. The lowest BCUT2D eigenvalue weighted by atomic mass is 10.0. The first kappa shape index (κ1) is 26.2. The van der Waals surface area contributed by atoms with Gasteiger partial charge in [0.05, 0.1) is 33.7 Å². The van der Waals surface area contributed by atoms with Crippen molar-refractivity contribution in [3.8, 4) is 11.7 Å². The van der Waals surface area contributed by atoms with Gasteiger partial charge in [-0.3, -0.25) is 9.89 Å². The Morgan fingerprint density at radius 2 is 2.08 bits per heavy atom. The number of hydrogen-bond donors (Lipinski definition) is 4. The summed E-state index contributed by atoms with van der Waals surface area (Å²) < 4.78 is 44.1. The van der Waals surface area contributed by atoms with Gasteiger partial charge in [0.2, 0.25) is 5.88 Å². The molecule has 14 heteroatoms. The first-order chi connectivity index (χ1) is 17.4. The lowest BCUT2D eigenvalue weighted by molar-refractivity contribution is -0.154. The maximum atomic E-state index is 13.1. The zero-order valence-corrected chi connectivity index (χ0v) is 20.6. The van der Waals surface area contributed by atoms with Crippen LogP contribution in [0.1, 0.15) is 41.7 Å². The number of pyridine rings is 1. The van der Waals surface area contributed by atoms with Crippen LogP contribution in [-0.4, -0.2) is 54.8 Å². The van der Waals surface area contributed by atoms with E-state index in [-0.39, 0.29) is 33.8 Å². The summed E-state index contributed by atoms with van der Waals surface area (Å²) in [5.41, 5.74) is 1.50. The zero-order valence-electron chi connectivity index (χ0n) is 19.9. The van der Waals surface area contributed by atoms with Crippen molar-refractivity contribution in [3.05, 3.63) is 58.5 Å². The number of ether oxygens (including phenoxy) is 1. The number of H-pyrrole nitrogens is 1. The van der Waals surface area contributed by atoms with Crippen molar-refractivity contribution in [2.24, 2.45) is 0 Å². The summed E-state index contributed by atoms with van der Waals surface area (Å²) >= 11 is 6.24. The maximum absolute atomic E-state index is 13.1. The highest BCUT2D eigenvalue weighted by atomic mass is 35.5. The molecule has 1 unspecified atom stereocenters. The summed E-state index contributed by atoms with van der Waals surface area (Å²) in [6.07, 6.45) is -3.19. The molecule has 0 aliphatic carbocycles. The molecule has 0 aliphatic heterocycles. The fraction of sp³-hybridized carbons (Fsp3) is 0.304. The number of benzene rings is 1. The second-order valence-electron chi connectivity index (χ2n) is 8.48. The standard InChI is InChI=1S/C23H23ClF3N7O3/c1-11(2)30-22(36)17-18(12(3)7-13-9-29-32-19(13)17)31-21(35)15-8-16(37-10-23(25,26)27)33-34(15)20-14(24)5-4-6-28-20/h4-9,11,21,31,35H,10H2,1-3H3,(H,29,32)(H,30,36). The first-order valence-electron chi connectivity index (χ1n) is 11.1. The molecule has 3 aromatic heterocycles. The molecule has 4 N–H and O–H groups in total. The molecule has 0 bridgehead atoms. The molecule has 1 atom stereocenters. The first-order valence-corrected chi connectivity index (χ1v) is 11.4. The number of aryl methyl sites for hydroxylation is 1. The van der Waals surface area contributed by atoms with Crippen molar-refractivity contribution in [2.75, 3.05) is 11.9 Å². The minimum atomic E-state index is -4.60. The molecule has 10 nitrogen and oxygen atoms in total. The summed E-state index contributed by atoms with van der Waals surface area (Å²) in [6, 6.07) is 5.80. The number of aromatic nitrogens is 5. The molecule has 196 valence electrons. The molecule has 0 aliphatic rings. The Morgan fingerprint density at radius 1 is 1.32 bits per heavy atom. The molecule has 1 aromatic carbocycles. The number of amides is 1. The lowest BCUT2D eigenvalue weighted by Crippen LogP contribution is -2.31. The summed E-state index contributed by atoms with van der Waals surface area (Å²) in [7, 11) is 0. The van der Waals surface area contributed by atoms with Gasteiger partial charge in [-0.2, -0.15) is 18.3 Å². The fourth-order valence-corrected chi connectivity index (χ4v) is 3.89. The third-order valence-electron chi connectivity index (χ3n) is 5.18. The van der Waals surface area contributed by atoms with Crippen LogP contribution in [0.4, 0.5) is 18.9 Å². The number of aliphatic hydroxyl groups excluding tert-OH is 1. The van der Waals surface area contributed by atoms with E-state index < -0.39 is 30.8 Å². The smallest absolute Gasteiger partial charge is 0.422 e. The fourth-order valence-electron chi connectivity index (χ4n) is 3.69. The van der Waals surface area contributed by atoms with Gasteiger partial charge in [-0.05, 0) is 44.5 Å². The predicted molar refractivity (Wildman–Crippen MR) is 130 cm³/mol. The number of carbonyl (C=O) groups excluding carboxylic acids is 1. The molecular formula is C23H23ClF3N7O3. The molecule has 37 heavy (non-hydrogen) atoms. The number of aliphatic hydroxyl groups is 1. The number of halogens is 4. The van der Waals surface area contributed by atoms with E-state index in [9.17, 15) is 23.1 Å². The number of nitrogens with one attached hydrogen (secondary N) is 3. The van der Waals surface area contributed by atoms with Crippen LogP contribution in [0.3, 0.4) is 0 Å². The van der Waals surface area contributed by atoms with Gasteiger partial charge in [0.25, 0.3) is 5.91 Å². The Labute approximate surface area is 213 Å². The Hall–Kier alpha value is -3.84. The van der Waals surface area contributed by atoms with Crippen molar-refractivity contribution in [2.45, 2.75) is 39.2 Å². The van der Waals surface area contributed by atoms with E-state index in [2.05, 4.69) is 30.9 Å². The molecule has 1 amide bonds. The highest BCUT2D eigenvalue weighted by Gasteiger charge is 2.30. The Morgan fingerprint density at radius 3 is 2.76 bits per heavy atom. The van der Waals surface area contributed by atoms with Crippen LogP contribution >= 0.6 is 11.6 Å². The van der Waals surface area contributed by atoms with Crippen molar-refractivity contribution in [1.29, 1.82) is 0 Å². The Bertz CT molecular complexity index is 1430. The van der Waals surface area contributed by atoms with Gasteiger partial charge in [0.1, 0.15) is 0 Å². The molecule has 4 aromatic rings. The van der Waals surface area contributed by atoms with Gasteiger partial charge >= 0.3 is 6.18 Å². The third kappa shape index (κ3) is 5.78. The Balaban J connectivity index is 1.78. The highest BCUT2D eigenvalue weighted by molar-refractivity contribution is 6.32. The molecule has 0 saturated heterocycles. The normalized spacial score (nSPS) is 12.7. The number of hydrogen-bond acceptors (Lipinski definition) is 7. The summed E-state index contributed by atoms with van der Waals surface area (Å²) in [5, 5.41) is 28.6. The van der Waals surface area contributed by atoms with E-state index in [1.807, 2.05) is 0 Å². The van der Waals surface area contributed by atoms with E-state index in [1.165, 1.54) is 12.3 Å². The van der Waals surface area contributed by atoms with Gasteiger partial charge in [-0.15, -0.1) is 5.10 Å². The van der Waals surface area contributed by atoms with E-state index in [4.69, 9.17) is 16.3 Å². The van der Waals surface area contributed by atoms with Crippen LogP contribution in [-0.2, 0) is 0 Å². The number of aromatic amines is 1. The van der Waals surface area contributed by atoms with Gasteiger partial charge in [-0.1, -0.05) is 11.6 Å². The average molecular weight is 538 g/mol. The van der Waals surface area contributed by atoms with Crippen LogP contribution in [0.5, 0.6) is 5.88 Å². The van der Waals surface area contributed by atoms with Crippen molar-refractivity contribution in [3.63, 3.8) is 0 Å². The lowest BCUT2D eigenvalue weighted by Gasteiger charge is -2.21. The highest BCUT2D eigenvalue weighted by Crippen LogP contribution is 2.33. The number of carbonyl (C=O) groups is 1. The van der Waals surface area contributed by atoms with Gasteiger partial charge in [0.15, 0.2) is 18.7 Å².